The second-order valence-corrected chi connectivity index (χ2v) is 5.89. The van der Waals surface area contributed by atoms with E-state index in [1.165, 1.54) is 0 Å². The highest BCUT2D eigenvalue weighted by Crippen LogP contribution is 2.24. The topological polar surface area (TPSA) is 106 Å². The fraction of sp³-hybridized carbons (Fsp3) is 0.312. The maximum Gasteiger partial charge on any atom is 0.220 e. The largest absolute Gasteiger partial charge is 0.368 e. The zero-order valence-corrected chi connectivity index (χ0v) is 12.7. The van der Waals surface area contributed by atoms with E-state index in [0.29, 0.717) is 5.92 Å². The molecule has 3 rings (SSSR count). The SMILES string of the molecule is CC(C)CC(N)c1nc2ccc(-c3ccnc(N)n3)cc2[nH]1. The smallest absolute Gasteiger partial charge is 0.220 e. The van der Waals surface area contributed by atoms with Gasteiger partial charge in [0.1, 0.15) is 5.82 Å². The highest BCUT2D eigenvalue weighted by molar-refractivity contribution is 5.81. The summed E-state index contributed by atoms with van der Waals surface area (Å²) >= 11 is 0. The molecule has 0 aliphatic rings. The van der Waals surface area contributed by atoms with Crippen LogP contribution in [-0.4, -0.2) is 19.9 Å². The summed E-state index contributed by atoms with van der Waals surface area (Å²) < 4.78 is 0. The molecule has 0 saturated heterocycles. The average Bonchev–Trinajstić information content (AvgIpc) is 2.89. The second kappa shape index (κ2) is 5.73. The van der Waals surface area contributed by atoms with Gasteiger partial charge in [0.15, 0.2) is 0 Å². The average molecular weight is 296 g/mol. The fourth-order valence-corrected chi connectivity index (χ4v) is 2.52. The Labute approximate surface area is 129 Å². The van der Waals surface area contributed by atoms with Crippen molar-refractivity contribution in [1.29, 1.82) is 0 Å². The molecule has 0 amide bonds. The lowest BCUT2D eigenvalue weighted by Gasteiger charge is -2.10. The molecule has 0 aliphatic carbocycles. The van der Waals surface area contributed by atoms with Gasteiger partial charge < -0.3 is 16.5 Å². The van der Waals surface area contributed by atoms with Crippen LogP contribution < -0.4 is 11.5 Å². The zero-order chi connectivity index (χ0) is 15.7. The molecule has 1 aromatic carbocycles. The van der Waals surface area contributed by atoms with Crippen molar-refractivity contribution in [3.8, 4) is 11.3 Å². The molecule has 0 radical (unpaired) electrons. The number of hydrogen-bond donors (Lipinski definition) is 3. The number of nitrogens with one attached hydrogen (secondary N) is 1. The molecule has 22 heavy (non-hydrogen) atoms. The quantitative estimate of drug-likeness (QED) is 0.686. The molecular weight excluding hydrogens is 276 g/mol. The van der Waals surface area contributed by atoms with E-state index in [1.807, 2.05) is 24.3 Å². The highest BCUT2D eigenvalue weighted by atomic mass is 15.0. The summed E-state index contributed by atoms with van der Waals surface area (Å²) in [6.45, 7) is 4.31. The maximum absolute atomic E-state index is 6.20. The molecule has 114 valence electrons. The minimum absolute atomic E-state index is 0.0782. The van der Waals surface area contributed by atoms with Crippen molar-refractivity contribution in [2.24, 2.45) is 11.7 Å². The van der Waals surface area contributed by atoms with Gasteiger partial charge in [-0.15, -0.1) is 0 Å². The van der Waals surface area contributed by atoms with Crippen LogP contribution in [0.25, 0.3) is 22.3 Å². The van der Waals surface area contributed by atoms with Crippen molar-refractivity contribution in [3.63, 3.8) is 0 Å². The van der Waals surface area contributed by atoms with Crippen LogP contribution in [0.3, 0.4) is 0 Å². The molecule has 3 aromatic rings. The lowest BCUT2D eigenvalue weighted by Crippen LogP contribution is -2.14. The van der Waals surface area contributed by atoms with Gasteiger partial charge >= 0.3 is 0 Å². The number of H-pyrrole nitrogens is 1. The number of benzene rings is 1. The molecule has 1 atom stereocenters. The molecule has 1 unspecified atom stereocenters. The fourth-order valence-electron chi connectivity index (χ4n) is 2.52. The normalized spacial score (nSPS) is 12.9. The van der Waals surface area contributed by atoms with Gasteiger partial charge in [-0.2, -0.15) is 0 Å². The number of anilines is 1. The Morgan fingerprint density at radius 2 is 2.00 bits per heavy atom. The summed E-state index contributed by atoms with van der Waals surface area (Å²) in [5, 5.41) is 0. The third kappa shape index (κ3) is 2.92. The maximum atomic E-state index is 6.20. The number of aromatic amines is 1. The Kier molecular flexibility index (Phi) is 3.77. The Balaban J connectivity index is 1.96. The molecule has 5 N–H and O–H groups in total. The van der Waals surface area contributed by atoms with Gasteiger partial charge in [0.2, 0.25) is 5.95 Å². The number of rotatable bonds is 4. The van der Waals surface area contributed by atoms with E-state index in [4.69, 9.17) is 11.5 Å². The minimum atomic E-state index is -0.0782. The van der Waals surface area contributed by atoms with Crippen molar-refractivity contribution in [1.82, 2.24) is 19.9 Å². The first-order chi connectivity index (χ1) is 10.5. The second-order valence-electron chi connectivity index (χ2n) is 5.89. The summed E-state index contributed by atoms with van der Waals surface area (Å²) in [7, 11) is 0. The summed E-state index contributed by atoms with van der Waals surface area (Å²) in [4.78, 5) is 16.0. The van der Waals surface area contributed by atoms with Gasteiger partial charge in [-0.25, -0.2) is 15.0 Å². The molecule has 6 nitrogen and oxygen atoms in total. The van der Waals surface area contributed by atoms with E-state index < -0.39 is 0 Å². The monoisotopic (exact) mass is 296 g/mol. The molecule has 2 aromatic heterocycles. The molecule has 2 heterocycles. The van der Waals surface area contributed by atoms with E-state index >= 15 is 0 Å². The minimum Gasteiger partial charge on any atom is -0.368 e. The molecule has 0 fully saturated rings. The standard InChI is InChI=1S/C16H20N6/c1-9(2)7-11(17)15-20-13-4-3-10(8-14(13)21-15)12-5-6-19-16(18)22-12/h3-6,8-9,11H,7,17H2,1-2H3,(H,20,21)(H2,18,19,22). The lowest BCUT2D eigenvalue weighted by molar-refractivity contribution is 0.496. The molecular formula is C16H20N6. The molecule has 0 bridgehead atoms. The Bertz CT molecular complexity index is 792. The van der Waals surface area contributed by atoms with Gasteiger partial charge in [0.05, 0.1) is 22.8 Å². The van der Waals surface area contributed by atoms with E-state index in [-0.39, 0.29) is 12.0 Å². The number of aromatic nitrogens is 4. The van der Waals surface area contributed by atoms with Crippen LogP contribution in [0.4, 0.5) is 5.95 Å². The van der Waals surface area contributed by atoms with Crippen molar-refractivity contribution in [3.05, 3.63) is 36.3 Å². The van der Waals surface area contributed by atoms with Crippen molar-refractivity contribution in [2.45, 2.75) is 26.3 Å². The highest BCUT2D eigenvalue weighted by Gasteiger charge is 2.13. The summed E-state index contributed by atoms with van der Waals surface area (Å²) in [5.41, 5.74) is 15.4. The lowest BCUT2D eigenvalue weighted by atomic mass is 10.0. The summed E-state index contributed by atoms with van der Waals surface area (Å²) in [5.74, 6) is 1.62. The molecule has 0 saturated carbocycles. The van der Waals surface area contributed by atoms with E-state index in [9.17, 15) is 0 Å². The van der Waals surface area contributed by atoms with E-state index in [2.05, 4.69) is 33.8 Å². The molecule has 6 heteroatoms. The van der Waals surface area contributed by atoms with Crippen LogP contribution >= 0.6 is 0 Å². The number of imidazole rings is 1. The van der Waals surface area contributed by atoms with Gasteiger partial charge in [-0.1, -0.05) is 19.9 Å². The first kappa shape index (κ1) is 14.5. The number of nitrogens with two attached hydrogens (primary N) is 2. The Hall–Kier alpha value is -2.47. The van der Waals surface area contributed by atoms with Crippen LogP contribution in [0.1, 0.15) is 32.1 Å². The first-order valence-corrected chi connectivity index (χ1v) is 7.37. The van der Waals surface area contributed by atoms with Crippen molar-refractivity contribution in [2.75, 3.05) is 5.73 Å². The zero-order valence-electron chi connectivity index (χ0n) is 12.7. The third-order valence-corrected chi connectivity index (χ3v) is 3.55. The van der Waals surface area contributed by atoms with Crippen molar-refractivity contribution >= 4 is 17.0 Å². The third-order valence-electron chi connectivity index (χ3n) is 3.55. The molecule has 0 spiro atoms. The van der Waals surface area contributed by atoms with Gasteiger partial charge in [0.25, 0.3) is 0 Å². The van der Waals surface area contributed by atoms with Gasteiger partial charge in [0, 0.05) is 11.8 Å². The predicted octanol–water partition coefficient (Wildman–Crippen LogP) is 2.65. The van der Waals surface area contributed by atoms with Gasteiger partial charge in [-0.05, 0) is 30.5 Å². The Morgan fingerprint density at radius 1 is 1.18 bits per heavy atom. The van der Waals surface area contributed by atoms with Crippen molar-refractivity contribution < 1.29 is 0 Å². The van der Waals surface area contributed by atoms with Gasteiger partial charge in [-0.3, -0.25) is 0 Å². The van der Waals surface area contributed by atoms with Crippen LogP contribution in [0.15, 0.2) is 30.5 Å². The molecule has 0 aliphatic heterocycles. The van der Waals surface area contributed by atoms with E-state index in [0.717, 1.165) is 34.5 Å². The summed E-state index contributed by atoms with van der Waals surface area (Å²) in [6.07, 6.45) is 2.55. The predicted molar refractivity (Wildman–Crippen MR) is 87.9 cm³/mol. The van der Waals surface area contributed by atoms with Crippen LogP contribution in [-0.2, 0) is 0 Å². The number of fused-ring (bicyclic) bond motifs is 1. The number of hydrogen-bond acceptors (Lipinski definition) is 5. The number of nitrogen functional groups attached to an aromatic ring is 1. The Morgan fingerprint density at radius 3 is 2.73 bits per heavy atom. The number of nitrogens with zero attached hydrogens (tertiary/aromatic N) is 3. The first-order valence-electron chi connectivity index (χ1n) is 7.37. The summed E-state index contributed by atoms with van der Waals surface area (Å²) in [6, 6.07) is 7.70. The van der Waals surface area contributed by atoms with Crippen LogP contribution in [0, 0.1) is 5.92 Å². The van der Waals surface area contributed by atoms with Crippen LogP contribution in [0.2, 0.25) is 0 Å². The van der Waals surface area contributed by atoms with E-state index in [1.54, 1.807) is 6.20 Å². The van der Waals surface area contributed by atoms with Crippen LogP contribution in [0.5, 0.6) is 0 Å².